The van der Waals surface area contributed by atoms with E-state index in [-0.39, 0.29) is 0 Å². The number of aryl methyl sites for hydroxylation is 3. The van der Waals surface area contributed by atoms with Crippen LogP contribution in [0.2, 0.25) is 0 Å². The van der Waals surface area contributed by atoms with Crippen molar-refractivity contribution in [3.8, 4) is 0 Å². The lowest BCUT2D eigenvalue weighted by molar-refractivity contribution is 0.379. The molecule has 3 N–H and O–H groups in total. The van der Waals surface area contributed by atoms with Crippen LogP contribution in [-0.4, -0.2) is 19.9 Å². The fourth-order valence-corrected chi connectivity index (χ4v) is 1.73. The van der Waals surface area contributed by atoms with Crippen molar-refractivity contribution >= 4 is 11.5 Å². The Balaban J connectivity index is 2.12. The van der Waals surface area contributed by atoms with Crippen molar-refractivity contribution in [2.45, 2.75) is 40.3 Å². The summed E-state index contributed by atoms with van der Waals surface area (Å²) in [5, 5.41) is 11.3. The molecule has 2 rings (SSSR count). The quantitative estimate of drug-likeness (QED) is 0.834. The lowest BCUT2D eigenvalue weighted by atomic mass is 10.4. The summed E-state index contributed by atoms with van der Waals surface area (Å²) in [5.74, 6) is 1.97. The van der Waals surface area contributed by atoms with Crippen LogP contribution in [0.1, 0.15) is 30.8 Å². The molecule has 0 aliphatic heterocycles. The van der Waals surface area contributed by atoms with Gasteiger partial charge in [-0.1, -0.05) is 12.1 Å². The van der Waals surface area contributed by atoms with Crippen molar-refractivity contribution in [2.75, 3.05) is 11.1 Å². The lowest BCUT2D eigenvalue weighted by Crippen LogP contribution is -2.09. The molecule has 7 nitrogen and oxygen atoms in total. The van der Waals surface area contributed by atoms with E-state index in [1.54, 1.807) is 6.92 Å². The summed E-state index contributed by atoms with van der Waals surface area (Å²) in [6, 6.07) is 0. The van der Waals surface area contributed by atoms with Gasteiger partial charge in [0.2, 0.25) is 5.89 Å². The van der Waals surface area contributed by atoms with Gasteiger partial charge in [-0.05, 0) is 20.3 Å². The largest absolute Gasteiger partial charge is 0.394 e. The molecule has 2 aromatic rings. The lowest BCUT2D eigenvalue weighted by Gasteiger charge is -2.07. The normalized spacial score (nSPS) is 10.8. The molecule has 0 aliphatic carbocycles. The molecule has 2 heterocycles. The van der Waals surface area contributed by atoms with Crippen molar-refractivity contribution in [1.82, 2.24) is 19.9 Å². The number of hydrogen-bond acceptors (Lipinski definition) is 6. The molecule has 98 valence electrons. The standard InChI is InChI=1S/C11H18N6O/c1-4-5-17-11(10(12)7(2)15-17)13-6-9-14-8(3)16-18-9/h13H,4-6,12H2,1-3H3. The highest BCUT2D eigenvalue weighted by molar-refractivity contribution is 5.64. The summed E-state index contributed by atoms with van der Waals surface area (Å²) < 4.78 is 6.91. The van der Waals surface area contributed by atoms with Crippen LogP contribution in [-0.2, 0) is 13.1 Å². The maximum absolute atomic E-state index is 5.99. The van der Waals surface area contributed by atoms with Crippen molar-refractivity contribution < 1.29 is 4.52 Å². The first kappa shape index (κ1) is 12.4. The number of nitrogens with one attached hydrogen (secondary N) is 1. The Morgan fingerprint density at radius 2 is 2.17 bits per heavy atom. The van der Waals surface area contributed by atoms with Gasteiger partial charge in [-0.15, -0.1) is 0 Å². The van der Waals surface area contributed by atoms with E-state index in [4.69, 9.17) is 10.3 Å². The van der Waals surface area contributed by atoms with E-state index in [0.717, 1.165) is 24.5 Å². The third-order valence-electron chi connectivity index (χ3n) is 2.59. The minimum Gasteiger partial charge on any atom is -0.394 e. The number of hydrogen-bond donors (Lipinski definition) is 2. The first-order chi connectivity index (χ1) is 8.61. The van der Waals surface area contributed by atoms with Gasteiger partial charge in [0.25, 0.3) is 0 Å². The van der Waals surface area contributed by atoms with Gasteiger partial charge < -0.3 is 15.6 Å². The van der Waals surface area contributed by atoms with Crippen LogP contribution < -0.4 is 11.1 Å². The number of rotatable bonds is 5. The van der Waals surface area contributed by atoms with Gasteiger partial charge in [0.05, 0.1) is 17.9 Å². The first-order valence-electron chi connectivity index (χ1n) is 5.97. The third kappa shape index (κ3) is 2.44. The van der Waals surface area contributed by atoms with Gasteiger partial charge in [-0.2, -0.15) is 10.1 Å². The van der Waals surface area contributed by atoms with Gasteiger partial charge in [-0.25, -0.2) is 4.68 Å². The minimum absolute atomic E-state index is 0.444. The molecule has 0 radical (unpaired) electrons. The number of nitrogens with two attached hydrogens (primary N) is 1. The Morgan fingerprint density at radius 3 is 2.78 bits per heavy atom. The van der Waals surface area contributed by atoms with E-state index >= 15 is 0 Å². The number of nitrogen functional groups attached to an aromatic ring is 1. The predicted octanol–water partition coefficient (Wildman–Crippen LogP) is 1.49. The van der Waals surface area contributed by atoms with E-state index in [1.165, 1.54) is 0 Å². The predicted molar refractivity (Wildman–Crippen MR) is 68.0 cm³/mol. The first-order valence-corrected chi connectivity index (χ1v) is 5.97. The van der Waals surface area contributed by atoms with Crippen LogP contribution in [0.25, 0.3) is 0 Å². The zero-order valence-electron chi connectivity index (χ0n) is 10.9. The second kappa shape index (κ2) is 5.07. The maximum Gasteiger partial charge on any atom is 0.245 e. The van der Waals surface area contributed by atoms with E-state index in [0.29, 0.717) is 23.9 Å². The Bertz CT molecular complexity index is 530. The van der Waals surface area contributed by atoms with Gasteiger partial charge >= 0.3 is 0 Å². The molecule has 0 aromatic carbocycles. The number of anilines is 2. The fraction of sp³-hybridized carbons (Fsp3) is 0.545. The van der Waals surface area contributed by atoms with Crippen LogP contribution in [0.3, 0.4) is 0 Å². The van der Waals surface area contributed by atoms with Crippen LogP contribution in [0, 0.1) is 13.8 Å². The summed E-state index contributed by atoms with van der Waals surface area (Å²) in [4.78, 5) is 4.13. The molecule has 0 fully saturated rings. The van der Waals surface area contributed by atoms with Gasteiger partial charge in [-0.3, -0.25) is 0 Å². The Kier molecular flexibility index (Phi) is 3.50. The SMILES string of the molecule is CCCn1nc(C)c(N)c1NCc1nc(C)no1. The second-order valence-corrected chi connectivity index (χ2v) is 4.16. The average molecular weight is 250 g/mol. The molecule has 7 heteroatoms. The van der Waals surface area contributed by atoms with Gasteiger partial charge in [0, 0.05) is 6.54 Å². The molecule has 0 amide bonds. The molecule has 0 unspecified atom stereocenters. The molecule has 18 heavy (non-hydrogen) atoms. The fourth-order valence-electron chi connectivity index (χ4n) is 1.73. The van der Waals surface area contributed by atoms with Crippen molar-refractivity contribution in [1.29, 1.82) is 0 Å². The van der Waals surface area contributed by atoms with Crippen LogP contribution in [0.5, 0.6) is 0 Å². The molecular formula is C11H18N6O. The van der Waals surface area contributed by atoms with E-state index in [9.17, 15) is 0 Å². The van der Waals surface area contributed by atoms with Crippen molar-refractivity contribution in [3.05, 3.63) is 17.4 Å². The minimum atomic E-state index is 0.444. The zero-order chi connectivity index (χ0) is 13.1. The van der Waals surface area contributed by atoms with Crippen molar-refractivity contribution in [3.63, 3.8) is 0 Å². The molecule has 0 atom stereocenters. The highest BCUT2D eigenvalue weighted by Crippen LogP contribution is 2.22. The van der Waals surface area contributed by atoms with Crippen LogP contribution in [0.15, 0.2) is 4.52 Å². The maximum atomic E-state index is 5.99. The summed E-state index contributed by atoms with van der Waals surface area (Å²) in [5.41, 5.74) is 7.48. The summed E-state index contributed by atoms with van der Waals surface area (Å²) in [7, 11) is 0. The number of aromatic nitrogens is 4. The highest BCUT2D eigenvalue weighted by Gasteiger charge is 2.12. The van der Waals surface area contributed by atoms with Crippen molar-refractivity contribution in [2.24, 2.45) is 0 Å². The van der Waals surface area contributed by atoms with Crippen LogP contribution in [0.4, 0.5) is 11.5 Å². The number of nitrogens with zero attached hydrogens (tertiary/aromatic N) is 4. The molecule has 0 saturated heterocycles. The highest BCUT2D eigenvalue weighted by atomic mass is 16.5. The molecule has 0 spiro atoms. The molecule has 0 bridgehead atoms. The molecular weight excluding hydrogens is 232 g/mol. The molecule has 0 aliphatic rings. The third-order valence-corrected chi connectivity index (χ3v) is 2.59. The van der Waals surface area contributed by atoms with Crippen LogP contribution >= 0.6 is 0 Å². The van der Waals surface area contributed by atoms with Gasteiger partial charge in [0.15, 0.2) is 5.82 Å². The zero-order valence-corrected chi connectivity index (χ0v) is 10.9. The Morgan fingerprint density at radius 1 is 1.39 bits per heavy atom. The summed E-state index contributed by atoms with van der Waals surface area (Å²) in [6.45, 7) is 7.04. The summed E-state index contributed by atoms with van der Waals surface area (Å²) in [6.07, 6.45) is 0.995. The average Bonchev–Trinajstić information content (AvgIpc) is 2.84. The van der Waals surface area contributed by atoms with E-state index < -0.39 is 0 Å². The molecule has 2 aromatic heterocycles. The second-order valence-electron chi connectivity index (χ2n) is 4.16. The smallest absolute Gasteiger partial charge is 0.245 e. The van der Waals surface area contributed by atoms with E-state index in [2.05, 4.69) is 27.5 Å². The Hall–Kier alpha value is -2.05. The topological polar surface area (TPSA) is 94.8 Å². The monoisotopic (exact) mass is 250 g/mol. The molecule has 0 saturated carbocycles. The summed E-state index contributed by atoms with van der Waals surface area (Å²) >= 11 is 0. The van der Waals surface area contributed by atoms with E-state index in [1.807, 2.05) is 11.6 Å². The Labute approximate surface area is 105 Å². The van der Waals surface area contributed by atoms with Gasteiger partial charge in [0.1, 0.15) is 5.82 Å².